The molecule has 1 aliphatic heterocycles. The number of allylic oxidation sites excluding steroid dienone is 25. The number of benzene rings is 2. The Balaban J connectivity index is 0.801. The first-order valence-electron chi connectivity index (χ1n) is 26.3. The SMILES string of the molecule is C1=CCC(C2C=C(c3cccc(-n4c5c(c6c4CC(C4=CC7C(C=C4)C4=C(CCC=C4)N7C4=CC=C(C7C=C(c8ccccc8)C=C(C8=CCCCC8)C7)CC4)C=C6)CCC=C5)c3)C=CC2)C=C1. The van der Waals surface area contributed by atoms with Gasteiger partial charge in [0.2, 0.25) is 0 Å². The van der Waals surface area contributed by atoms with Crippen LogP contribution in [0.2, 0.25) is 0 Å². The first-order valence-corrected chi connectivity index (χ1v) is 26.3. The van der Waals surface area contributed by atoms with Crippen molar-refractivity contribution in [3.05, 3.63) is 243 Å². The van der Waals surface area contributed by atoms with Gasteiger partial charge in [0.15, 0.2) is 0 Å². The van der Waals surface area contributed by atoms with E-state index in [1.165, 1.54) is 93.0 Å². The lowest BCUT2D eigenvalue weighted by molar-refractivity contribution is 0.339. The number of hydrogen-bond acceptors (Lipinski definition) is 1. The van der Waals surface area contributed by atoms with Gasteiger partial charge in [-0.05, 0) is 182 Å². The largest absolute Gasteiger partial charge is 0.341 e. The highest BCUT2D eigenvalue weighted by Crippen LogP contribution is 2.49. The maximum absolute atomic E-state index is 2.81. The molecule has 10 aliphatic rings. The Labute approximate surface area is 405 Å². The lowest BCUT2D eigenvalue weighted by Crippen LogP contribution is -2.34. The number of rotatable bonds is 8. The van der Waals surface area contributed by atoms with E-state index < -0.39 is 0 Å². The Morgan fingerprint density at radius 3 is 2.38 bits per heavy atom. The standard InChI is InChI=1S/C66H64N2/c1-4-16-45(17-5-1)49-22-14-23-50(38-49)51-24-15-25-58(42-51)68-64-29-13-11-27-60(64)62-37-33-53(44-66(62)68)52-32-36-61-59-26-10-12-28-63(59)67(65(61)43-52)57-34-30-48(31-35-57)56-40-54(46-18-6-2-7-19-46)39-55(41-56)47-20-8-3-9-21-47/h1-2,4-7,10,13-16,18-20,23-26,29-30,32-34,36-40,42-43,45,49,53,56,61,65H,3,8-9,11-12,17,21-22,27-28,31,35,41,44H2. The summed E-state index contributed by atoms with van der Waals surface area (Å²) in [6, 6.07) is 20.8. The van der Waals surface area contributed by atoms with Crippen molar-refractivity contribution >= 4 is 23.3 Å². The molecule has 0 spiro atoms. The van der Waals surface area contributed by atoms with Gasteiger partial charge in [-0.1, -0.05) is 163 Å². The van der Waals surface area contributed by atoms with Gasteiger partial charge in [-0.15, -0.1) is 0 Å². The van der Waals surface area contributed by atoms with E-state index >= 15 is 0 Å². The summed E-state index contributed by atoms with van der Waals surface area (Å²) >= 11 is 0. The zero-order valence-corrected chi connectivity index (χ0v) is 39.6. The van der Waals surface area contributed by atoms with Gasteiger partial charge < -0.3 is 9.47 Å². The molecule has 0 N–H and O–H groups in total. The molecule has 6 atom stereocenters. The molecule has 3 aromatic rings. The van der Waals surface area contributed by atoms with Crippen molar-refractivity contribution in [2.45, 2.75) is 95.9 Å². The fraction of sp³-hybridized carbons (Fsp3) is 0.303. The number of hydrogen-bond donors (Lipinski definition) is 0. The van der Waals surface area contributed by atoms with Crippen LogP contribution in [-0.4, -0.2) is 15.5 Å². The fourth-order valence-corrected chi connectivity index (χ4v) is 13.5. The molecule has 0 amide bonds. The van der Waals surface area contributed by atoms with E-state index in [4.69, 9.17) is 0 Å². The van der Waals surface area contributed by atoms with Crippen LogP contribution >= 0.6 is 0 Å². The summed E-state index contributed by atoms with van der Waals surface area (Å²) < 4.78 is 2.63. The zero-order chi connectivity index (χ0) is 45.0. The van der Waals surface area contributed by atoms with Gasteiger partial charge in [-0.3, -0.25) is 0 Å². The van der Waals surface area contributed by atoms with Crippen LogP contribution < -0.4 is 0 Å². The third-order valence-electron chi connectivity index (χ3n) is 17.0. The highest BCUT2D eigenvalue weighted by Gasteiger charge is 2.42. The Bertz CT molecular complexity index is 3030. The molecule has 1 aromatic heterocycles. The Hall–Kier alpha value is -6.38. The van der Waals surface area contributed by atoms with Crippen molar-refractivity contribution < 1.29 is 0 Å². The fourth-order valence-electron chi connectivity index (χ4n) is 13.5. The number of nitrogens with zero attached hydrogens (tertiary/aromatic N) is 2. The summed E-state index contributed by atoms with van der Waals surface area (Å²) in [4.78, 5) is 2.81. The molecular formula is C66H64N2. The third kappa shape index (κ3) is 7.65. The second-order valence-electron chi connectivity index (χ2n) is 21.0. The number of fused-ring (bicyclic) bond motifs is 5. The molecule has 2 nitrogen and oxygen atoms in total. The average molecular weight is 885 g/mol. The summed E-state index contributed by atoms with van der Waals surface area (Å²) in [5.41, 5.74) is 23.3. The maximum atomic E-state index is 2.81. The zero-order valence-electron chi connectivity index (χ0n) is 39.6. The summed E-state index contributed by atoms with van der Waals surface area (Å²) in [6.07, 6.45) is 67.8. The molecule has 0 radical (unpaired) electrons. The summed E-state index contributed by atoms with van der Waals surface area (Å²) in [5.74, 6) is 2.27. The molecule has 68 heavy (non-hydrogen) atoms. The van der Waals surface area contributed by atoms with E-state index in [2.05, 4.69) is 192 Å². The minimum absolute atomic E-state index is 0.311. The molecule has 9 aliphatic carbocycles. The average Bonchev–Trinajstić information content (AvgIpc) is 3.94. The normalized spacial score (nSPS) is 27.9. The summed E-state index contributed by atoms with van der Waals surface area (Å²) in [5, 5.41) is 0. The highest BCUT2D eigenvalue weighted by atomic mass is 15.2. The highest BCUT2D eigenvalue weighted by molar-refractivity contribution is 5.79. The minimum Gasteiger partial charge on any atom is -0.341 e. The van der Waals surface area contributed by atoms with Gasteiger partial charge in [0.1, 0.15) is 0 Å². The van der Waals surface area contributed by atoms with Crippen molar-refractivity contribution in [3.63, 3.8) is 0 Å². The molecule has 13 rings (SSSR count). The van der Waals surface area contributed by atoms with Crippen LogP contribution in [0.1, 0.15) is 111 Å². The van der Waals surface area contributed by atoms with Gasteiger partial charge in [0.25, 0.3) is 0 Å². The van der Waals surface area contributed by atoms with Gasteiger partial charge in [-0.25, -0.2) is 0 Å². The van der Waals surface area contributed by atoms with E-state index in [1.807, 2.05) is 0 Å². The van der Waals surface area contributed by atoms with Crippen molar-refractivity contribution in [2.75, 3.05) is 0 Å². The molecule has 6 unspecified atom stereocenters. The molecule has 2 heterocycles. The Morgan fingerprint density at radius 2 is 1.50 bits per heavy atom. The van der Waals surface area contributed by atoms with Crippen molar-refractivity contribution in [1.29, 1.82) is 0 Å². The topological polar surface area (TPSA) is 8.17 Å². The van der Waals surface area contributed by atoms with E-state index in [0.29, 0.717) is 35.6 Å². The first-order chi connectivity index (χ1) is 33.7. The predicted molar refractivity (Wildman–Crippen MR) is 285 cm³/mol. The van der Waals surface area contributed by atoms with Crippen LogP contribution in [0.15, 0.2) is 209 Å². The maximum Gasteiger partial charge on any atom is 0.0626 e. The van der Waals surface area contributed by atoms with E-state index in [-0.39, 0.29) is 0 Å². The molecule has 338 valence electrons. The molecule has 0 saturated carbocycles. The second kappa shape index (κ2) is 17.9. The first kappa shape index (κ1) is 41.8. The van der Waals surface area contributed by atoms with Crippen molar-refractivity contribution in [3.8, 4) is 5.69 Å². The van der Waals surface area contributed by atoms with Crippen molar-refractivity contribution in [1.82, 2.24) is 9.47 Å². The van der Waals surface area contributed by atoms with Crippen molar-refractivity contribution in [2.24, 2.45) is 29.6 Å². The monoisotopic (exact) mass is 885 g/mol. The van der Waals surface area contributed by atoms with E-state index in [9.17, 15) is 0 Å². The smallest absolute Gasteiger partial charge is 0.0626 e. The van der Waals surface area contributed by atoms with Gasteiger partial charge in [-0.2, -0.15) is 0 Å². The van der Waals surface area contributed by atoms with E-state index in [0.717, 1.165) is 64.2 Å². The van der Waals surface area contributed by atoms with Crippen LogP contribution in [0.25, 0.3) is 29.0 Å². The molecule has 0 bridgehead atoms. The van der Waals surface area contributed by atoms with Crippen LogP contribution in [0.5, 0.6) is 0 Å². The minimum atomic E-state index is 0.311. The van der Waals surface area contributed by atoms with Gasteiger partial charge >= 0.3 is 0 Å². The molecule has 2 aromatic carbocycles. The lowest BCUT2D eigenvalue weighted by atomic mass is 9.77. The predicted octanol–water partition coefficient (Wildman–Crippen LogP) is 16.2. The van der Waals surface area contributed by atoms with Crippen LogP contribution in [0.4, 0.5) is 0 Å². The molecular weight excluding hydrogens is 821 g/mol. The Morgan fingerprint density at radius 1 is 0.588 bits per heavy atom. The Kier molecular flexibility index (Phi) is 11.0. The number of aromatic nitrogens is 1. The quantitative estimate of drug-likeness (QED) is 0.219. The van der Waals surface area contributed by atoms with Gasteiger partial charge in [0, 0.05) is 46.2 Å². The summed E-state index contributed by atoms with van der Waals surface area (Å²) in [6.45, 7) is 0. The third-order valence-corrected chi connectivity index (χ3v) is 17.0. The van der Waals surface area contributed by atoms with Gasteiger partial charge in [0.05, 0.1) is 6.04 Å². The van der Waals surface area contributed by atoms with Crippen LogP contribution in [0.3, 0.4) is 0 Å². The molecule has 0 saturated heterocycles. The second-order valence-corrected chi connectivity index (χ2v) is 21.0. The van der Waals surface area contributed by atoms with E-state index in [1.54, 1.807) is 22.4 Å². The summed E-state index contributed by atoms with van der Waals surface area (Å²) in [7, 11) is 0. The molecule has 0 fully saturated rings. The lowest BCUT2D eigenvalue weighted by Gasteiger charge is -2.36. The van der Waals surface area contributed by atoms with Crippen LogP contribution in [-0.2, 0) is 12.8 Å². The van der Waals surface area contributed by atoms with Crippen LogP contribution in [0, 0.1) is 29.6 Å². The molecule has 2 heteroatoms.